The van der Waals surface area contributed by atoms with E-state index in [1.165, 1.54) is 0 Å². The molecular formula is C14H13IN2O3S. The van der Waals surface area contributed by atoms with Crippen molar-refractivity contribution in [3.8, 4) is 0 Å². The second-order valence-corrected chi connectivity index (χ2v) is 7.38. The van der Waals surface area contributed by atoms with Crippen molar-refractivity contribution in [2.75, 3.05) is 16.3 Å². The Labute approximate surface area is 137 Å². The largest absolute Gasteiger partial charge is 0.322 e. The van der Waals surface area contributed by atoms with Gasteiger partial charge in [-0.1, -0.05) is 18.2 Å². The van der Waals surface area contributed by atoms with Crippen LogP contribution in [0.5, 0.6) is 0 Å². The highest BCUT2D eigenvalue weighted by atomic mass is 127. The number of amides is 1. The molecule has 0 aliphatic rings. The molecule has 0 fully saturated rings. The van der Waals surface area contributed by atoms with Gasteiger partial charge in [0.25, 0.3) is 5.91 Å². The van der Waals surface area contributed by atoms with Crippen molar-refractivity contribution in [2.24, 2.45) is 0 Å². The van der Waals surface area contributed by atoms with Crippen LogP contribution in [0.1, 0.15) is 10.4 Å². The molecule has 2 N–H and O–H groups in total. The van der Waals surface area contributed by atoms with Gasteiger partial charge in [-0.25, -0.2) is 8.42 Å². The first-order valence-corrected chi connectivity index (χ1v) is 8.96. The van der Waals surface area contributed by atoms with Gasteiger partial charge in [-0.3, -0.25) is 9.52 Å². The molecule has 0 bridgehead atoms. The van der Waals surface area contributed by atoms with Crippen LogP contribution in [0.15, 0.2) is 48.5 Å². The molecule has 2 rings (SSSR count). The summed E-state index contributed by atoms with van der Waals surface area (Å²) in [4.78, 5) is 12.3. The van der Waals surface area contributed by atoms with Gasteiger partial charge in [0.1, 0.15) is 0 Å². The summed E-state index contributed by atoms with van der Waals surface area (Å²) in [7, 11) is -3.44. The quantitative estimate of drug-likeness (QED) is 0.753. The van der Waals surface area contributed by atoms with Gasteiger partial charge in [0, 0.05) is 9.26 Å². The van der Waals surface area contributed by atoms with E-state index < -0.39 is 10.0 Å². The summed E-state index contributed by atoms with van der Waals surface area (Å²) in [6.45, 7) is 0. The van der Waals surface area contributed by atoms with Crippen molar-refractivity contribution in [3.63, 3.8) is 0 Å². The maximum atomic E-state index is 12.3. The SMILES string of the molecule is CS(=O)(=O)Nc1ccccc1C(=O)Nc1cccc(I)c1. The molecule has 1 amide bonds. The van der Waals surface area contributed by atoms with Gasteiger partial charge in [-0.2, -0.15) is 0 Å². The Morgan fingerprint density at radius 2 is 1.81 bits per heavy atom. The lowest BCUT2D eigenvalue weighted by atomic mass is 10.1. The highest BCUT2D eigenvalue weighted by Crippen LogP contribution is 2.19. The molecule has 0 aromatic heterocycles. The van der Waals surface area contributed by atoms with Crippen LogP contribution in [-0.2, 0) is 10.0 Å². The van der Waals surface area contributed by atoms with Crippen molar-refractivity contribution in [3.05, 3.63) is 57.7 Å². The van der Waals surface area contributed by atoms with Crippen LogP contribution in [0.3, 0.4) is 0 Å². The van der Waals surface area contributed by atoms with E-state index in [0.717, 1.165) is 9.83 Å². The van der Waals surface area contributed by atoms with Gasteiger partial charge in [-0.05, 0) is 52.9 Å². The number of benzene rings is 2. The number of hydrogen-bond donors (Lipinski definition) is 2. The third kappa shape index (κ3) is 4.71. The minimum Gasteiger partial charge on any atom is -0.322 e. The first-order valence-electron chi connectivity index (χ1n) is 5.99. The molecule has 7 heteroatoms. The van der Waals surface area contributed by atoms with Gasteiger partial charge in [-0.15, -0.1) is 0 Å². The number of rotatable bonds is 4. The van der Waals surface area contributed by atoms with E-state index in [4.69, 9.17) is 0 Å². The molecule has 2 aromatic carbocycles. The average molecular weight is 416 g/mol. The first-order chi connectivity index (χ1) is 9.85. The standard InChI is InChI=1S/C14H13IN2O3S/c1-21(19,20)17-13-8-3-2-7-12(13)14(18)16-11-6-4-5-10(15)9-11/h2-9,17H,1H3,(H,16,18). The number of anilines is 2. The molecule has 0 aliphatic heterocycles. The van der Waals surface area contributed by atoms with Crippen LogP contribution in [-0.4, -0.2) is 20.6 Å². The van der Waals surface area contributed by atoms with Crippen molar-refractivity contribution in [1.29, 1.82) is 0 Å². The Bertz CT molecular complexity index is 775. The van der Waals surface area contributed by atoms with Gasteiger partial charge in [0.2, 0.25) is 10.0 Å². The second kappa shape index (κ2) is 6.44. The van der Waals surface area contributed by atoms with E-state index >= 15 is 0 Å². The van der Waals surface area contributed by atoms with E-state index in [9.17, 15) is 13.2 Å². The molecular weight excluding hydrogens is 403 g/mol. The number of carbonyl (C=O) groups is 1. The Morgan fingerprint density at radius 1 is 1.10 bits per heavy atom. The van der Waals surface area contributed by atoms with Gasteiger partial charge < -0.3 is 5.32 Å². The molecule has 5 nitrogen and oxygen atoms in total. The second-order valence-electron chi connectivity index (χ2n) is 4.38. The Kier molecular flexibility index (Phi) is 4.84. The summed E-state index contributed by atoms with van der Waals surface area (Å²) in [6.07, 6.45) is 1.04. The summed E-state index contributed by atoms with van der Waals surface area (Å²) in [5.74, 6) is -0.372. The van der Waals surface area contributed by atoms with Gasteiger partial charge >= 0.3 is 0 Å². The highest BCUT2D eigenvalue weighted by molar-refractivity contribution is 14.1. The summed E-state index contributed by atoms with van der Waals surface area (Å²) in [5, 5.41) is 2.75. The summed E-state index contributed by atoms with van der Waals surface area (Å²) in [5.41, 5.74) is 1.17. The van der Waals surface area contributed by atoms with Gasteiger partial charge in [0.15, 0.2) is 0 Å². The summed E-state index contributed by atoms with van der Waals surface area (Å²) >= 11 is 2.15. The first kappa shape index (κ1) is 15.8. The van der Waals surface area contributed by atoms with E-state index in [0.29, 0.717) is 5.69 Å². The normalized spacial score (nSPS) is 11.0. The van der Waals surface area contributed by atoms with Crippen molar-refractivity contribution >= 4 is 49.9 Å². The zero-order valence-corrected chi connectivity index (χ0v) is 14.1. The molecule has 0 spiro atoms. The zero-order valence-electron chi connectivity index (χ0n) is 11.1. The monoisotopic (exact) mass is 416 g/mol. The lowest BCUT2D eigenvalue weighted by Gasteiger charge is -2.11. The molecule has 110 valence electrons. The number of halogens is 1. The van der Waals surface area contributed by atoms with Crippen LogP contribution in [0.4, 0.5) is 11.4 Å². The number of para-hydroxylation sites is 1. The lowest BCUT2D eigenvalue weighted by molar-refractivity contribution is 0.102. The molecule has 0 radical (unpaired) electrons. The minimum atomic E-state index is -3.44. The summed E-state index contributed by atoms with van der Waals surface area (Å²) < 4.78 is 26.0. The topological polar surface area (TPSA) is 75.3 Å². The molecule has 2 aromatic rings. The van der Waals surface area contributed by atoms with Crippen molar-refractivity contribution < 1.29 is 13.2 Å². The van der Waals surface area contributed by atoms with Crippen LogP contribution in [0.25, 0.3) is 0 Å². The van der Waals surface area contributed by atoms with E-state index in [1.807, 2.05) is 18.2 Å². The maximum Gasteiger partial charge on any atom is 0.257 e. The number of carbonyl (C=O) groups excluding carboxylic acids is 1. The summed E-state index contributed by atoms with van der Waals surface area (Å²) in [6, 6.07) is 13.8. The molecule has 0 saturated carbocycles. The maximum absolute atomic E-state index is 12.3. The average Bonchev–Trinajstić information content (AvgIpc) is 2.37. The predicted octanol–water partition coefficient (Wildman–Crippen LogP) is 2.92. The predicted molar refractivity (Wildman–Crippen MR) is 92.0 cm³/mol. The third-order valence-corrected chi connectivity index (χ3v) is 3.81. The van der Waals surface area contributed by atoms with E-state index in [2.05, 4.69) is 32.6 Å². The smallest absolute Gasteiger partial charge is 0.257 e. The fourth-order valence-electron chi connectivity index (χ4n) is 1.73. The Balaban J connectivity index is 2.27. The third-order valence-electron chi connectivity index (χ3n) is 2.55. The Morgan fingerprint density at radius 3 is 2.48 bits per heavy atom. The Hall–Kier alpha value is -1.61. The van der Waals surface area contributed by atoms with E-state index in [1.54, 1.807) is 30.3 Å². The van der Waals surface area contributed by atoms with Crippen LogP contribution in [0.2, 0.25) is 0 Å². The molecule has 0 heterocycles. The molecule has 0 unspecified atom stereocenters. The fourth-order valence-corrected chi connectivity index (χ4v) is 2.86. The number of nitrogens with one attached hydrogen (secondary N) is 2. The van der Waals surface area contributed by atoms with Crippen molar-refractivity contribution in [1.82, 2.24) is 0 Å². The molecule has 0 saturated heterocycles. The molecule has 21 heavy (non-hydrogen) atoms. The van der Waals surface area contributed by atoms with Crippen LogP contribution >= 0.6 is 22.6 Å². The number of hydrogen-bond acceptors (Lipinski definition) is 3. The fraction of sp³-hybridized carbons (Fsp3) is 0.0714. The molecule has 0 atom stereocenters. The lowest BCUT2D eigenvalue weighted by Crippen LogP contribution is -2.17. The molecule has 0 aliphatic carbocycles. The number of sulfonamides is 1. The van der Waals surface area contributed by atoms with Gasteiger partial charge in [0.05, 0.1) is 17.5 Å². The van der Waals surface area contributed by atoms with E-state index in [-0.39, 0.29) is 17.2 Å². The van der Waals surface area contributed by atoms with Crippen LogP contribution in [0, 0.1) is 3.57 Å². The highest BCUT2D eigenvalue weighted by Gasteiger charge is 2.13. The zero-order chi connectivity index (χ0) is 15.5. The minimum absolute atomic E-state index is 0.253. The van der Waals surface area contributed by atoms with Crippen molar-refractivity contribution in [2.45, 2.75) is 0 Å². The van der Waals surface area contributed by atoms with Crippen LogP contribution < -0.4 is 10.0 Å².